The second-order valence-electron chi connectivity index (χ2n) is 0.509. The fourth-order valence-electron chi connectivity index (χ4n) is 0. The third-order valence-electron chi connectivity index (χ3n) is 0.142. The minimum atomic E-state index is -0.532. The van der Waals surface area contributed by atoms with Crippen molar-refractivity contribution >= 4 is 76.2 Å². The molecule has 0 fully saturated rings. The Kier molecular flexibility index (Phi) is 24.2. The number of nitrogens with one attached hydrogen (secondary N) is 1. The first kappa shape index (κ1) is 15.9. The van der Waals surface area contributed by atoms with Crippen molar-refractivity contribution in [3.8, 4) is 0 Å². The van der Waals surface area contributed by atoms with Gasteiger partial charge in [-0.1, -0.05) is 0 Å². The number of nitrogens with two attached hydrogens (primary N) is 1. The van der Waals surface area contributed by atoms with E-state index in [2.05, 4.69) is 10.8 Å². The molecule has 6 heteroatoms. The average Bonchev–Trinajstić information content (AvgIpc) is 1.38. The predicted octanol–water partition coefficient (Wildman–Crippen LogP) is -2.39. The maximum Gasteiger partial charge on any atom is 0.316 e. The summed E-state index contributed by atoms with van der Waals surface area (Å²) in [5, 5.41) is 2.08. The molecule has 0 spiro atoms. The average molecular weight is 160 g/mol. The number of rotatable bonds is 0. The largest absolute Gasteiger partial charge is 0.316 e. The molecule has 0 rings (SSSR count). The second-order valence-corrected chi connectivity index (χ2v) is 0.797. The summed E-state index contributed by atoms with van der Waals surface area (Å²) in [6.45, 7) is 0. The number of carbonyl (C=O) groups excluding carboxylic acids is 1. The molecule has 3 nitrogen and oxygen atoms in total. The van der Waals surface area contributed by atoms with Crippen LogP contribution in [0, 0.1) is 0 Å². The van der Waals surface area contributed by atoms with E-state index < -0.39 is 6.03 Å². The molecule has 7 heavy (non-hydrogen) atoms. The first-order chi connectivity index (χ1) is 2.27. The van der Waals surface area contributed by atoms with Crippen LogP contribution < -0.4 is 10.8 Å². The van der Waals surface area contributed by atoms with Gasteiger partial charge in [0.2, 0.25) is 0 Å². The molecular weight excluding hydrogens is 151 g/mol. The molecule has 0 aromatic heterocycles. The van der Waals surface area contributed by atoms with Crippen molar-refractivity contribution in [3.05, 3.63) is 0 Å². The van der Waals surface area contributed by atoms with Gasteiger partial charge in [-0.15, -0.1) is 0 Å². The molecule has 0 aliphatic carbocycles. The zero-order valence-electron chi connectivity index (χ0n) is 2.56. The minimum Gasteiger partial charge on any atom is 0.316 e. The van der Waals surface area contributed by atoms with E-state index in [1.807, 2.05) is 9.39 Å². The Bertz CT molecular complexity index is 53.0. The smallest absolute Gasteiger partial charge is 0.316 e. The van der Waals surface area contributed by atoms with Gasteiger partial charge in [0.05, 0.1) is 0 Å². The molecule has 1 unspecified atom stereocenters. The molecule has 2 amide bonds. The fraction of sp³-hybridized carbons (Fsp3) is 0. The minimum absolute atomic E-state index is 0. The Balaban J connectivity index is -0.0000000800. The molecule has 0 bridgehead atoms. The van der Waals surface area contributed by atoms with Crippen molar-refractivity contribution in [1.29, 1.82) is 0 Å². The van der Waals surface area contributed by atoms with E-state index in [9.17, 15) is 4.79 Å². The maximum absolute atomic E-state index is 9.46. The molecule has 1 atom stereocenters. The van der Waals surface area contributed by atoms with E-state index in [1.165, 1.54) is 0 Å². The van der Waals surface area contributed by atoms with Crippen molar-refractivity contribution in [2.75, 3.05) is 0 Å². The number of urea groups is 1. The summed E-state index contributed by atoms with van der Waals surface area (Å²) in [5.41, 5.74) is 4.52. The van der Waals surface area contributed by atoms with Crippen molar-refractivity contribution in [2.45, 2.75) is 0 Å². The van der Waals surface area contributed by atoms with Gasteiger partial charge in [0.1, 0.15) is 0 Å². The Labute approximate surface area is 90.6 Å². The maximum atomic E-state index is 9.46. The van der Waals surface area contributed by atoms with Crippen LogP contribution in [0.3, 0.4) is 0 Å². The second kappa shape index (κ2) is 10.7. The van der Waals surface area contributed by atoms with Gasteiger partial charge in [-0.3, -0.25) is 0 Å². The van der Waals surface area contributed by atoms with Gasteiger partial charge >= 0.3 is 66.8 Å². The van der Waals surface area contributed by atoms with Crippen LogP contribution in [0.4, 0.5) is 4.79 Å². The number of hydrogen-bond donors (Lipinski definition) is 2. The fourth-order valence-corrected chi connectivity index (χ4v) is 0. The van der Waals surface area contributed by atoms with Crippen LogP contribution in [-0.2, 0) is 0 Å². The summed E-state index contributed by atoms with van der Waals surface area (Å²) in [6.07, 6.45) is 0. The molecule has 38 valence electrons. The van der Waals surface area contributed by atoms with Crippen LogP contribution in [0.25, 0.3) is 0 Å². The zero-order valence-corrected chi connectivity index (χ0v) is 3.72. The standard InChI is InChI=1S/CH5N2OP.Ca.Mg.4H/c2-1(4)3-5;;;;;;/h5H2,(H3,2,3,4);;;;;;. The predicted molar refractivity (Wildman–Crippen MR) is 39.5 cm³/mol. The van der Waals surface area contributed by atoms with E-state index in [0.717, 1.165) is 0 Å². The van der Waals surface area contributed by atoms with Gasteiger partial charge in [0.15, 0.2) is 0 Å². The first-order valence-corrected chi connectivity index (χ1v) is 1.61. The van der Waals surface area contributed by atoms with Crippen molar-refractivity contribution in [3.63, 3.8) is 0 Å². The molecule has 0 aromatic rings. The van der Waals surface area contributed by atoms with Crippen molar-refractivity contribution in [2.24, 2.45) is 5.73 Å². The third-order valence-corrected chi connectivity index (χ3v) is 0.427. The van der Waals surface area contributed by atoms with Crippen LogP contribution in [0.15, 0.2) is 0 Å². The summed E-state index contributed by atoms with van der Waals surface area (Å²) >= 11 is 0. The van der Waals surface area contributed by atoms with Gasteiger partial charge in [0, 0.05) is 0 Å². The van der Waals surface area contributed by atoms with Crippen LogP contribution in [0.1, 0.15) is 0 Å². The molecular formula is CH9CaMgN2OP. The van der Waals surface area contributed by atoms with E-state index in [0.29, 0.717) is 0 Å². The van der Waals surface area contributed by atoms with Gasteiger partial charge in [-0.05, 0) is 9.39 Å². The van der Waals surface area contributed by atoms with Gasteiger partial charge in [-0.2, -0.15) is 0 Å². The van der Waals surface area contributed by atoms with E-state index in [1.54, 1.807) is 0 Å². The van der Waals surface area contributed by atoms with Crippen LogP contribution >= 0.6 is 9.39 Å². The molecule has 3 N–H and O–H groups in total. The normalized spacial score (nSPS) is 4.71. The Morgan fingerprint density at radius 1 is 1.71 bits per heavy atom. The molecule has 0 aliphatic heterocycles. The quantitative estimate of drug-likeness (QED) is 0.302. The van der Waals surface area contributed by atoms with Gasteiger partial charge < -0.3 is 10.8 Å². The van der Waals surface area contributed by atoms with Crippen LogP contribution in [0.5, 0.6) is 0 Å². The van der Waals surface area contributed by atoms with Gasteiger partial charge in [-0.25, -0.2) is 4.79 Å². The Morgan fingerprint density at radius 2 is 1.86 bits per heavy atom. The van der Waals surface area contributed by atoms with Crippen LogP contribution in [-0.4, -0.2) is 66.8 Å². The first-order valence-electron chi connectivity index (χ1n) is 1.03. The molecule has 0 aliphatic rings. The zero-order chi connectivity index (χ0) is 4.28. The summed E-state index contributed by atoms with van der Waals surface area (Å²) in [5.74, 6) is 0. The summed E-state index contributed by atoms with van der Waals surface area (Å²) in [4.78, 5) is 9.46. The van der Waals surface area contributed by atoms with E-state index in [4.69, 9.17) is 0 Å². The molecule has 0 heterocycles. The monoisotopic (exact) mass is 160 g/mol. The Morgan fingerprint density at radius 3 is 1.86 bits per heavy atom. The third kappa shape index (κ3) is 18.2. The van der Waals surface area contributed by atoms with Gasteiger partial charge in [0.25, 0.3) is 0 Å². The number of primary amides is 1. The number of amides is 2. The van der Waals surface area contributed by atoms with Crippen molar-refractivity contribution in [1.82, 2.24) is 5.09 Å². The Hall–Kier alpha value is 1.73. The van der Waals surface area contributed by atoms with E-state index >= 15 is 0 Å². The molecule has 0 radical (unpaired) electrons. The molecule has 0 saturated heterocycles. The van der Waals surface area contributed by atoms with Crippen LogP contribution in [0.2, 0.25) is 0 Å². The number of carbonyl (C=O) groups is 1. The van der Waals surface area contributed by atoms with Crippen molar-refractivity contribution < 1.29 is 4.79 Å². The summed E-state index contributed by atoms with van der Waals surface area (Å²) < 4.78 is 0. The SMILES string of the molecule is NC(=O)NP.[CaH2].[MgH2]. The number of hydrogen-bond acceptors (Lipinski definition) is 1. The summed E-state index contributed by atoms with van der Waals surface area (Å²) in [6, 6.07) is -0.532. The molecule has 0 saturated carbocycles. The molecule has 0 aromatic carbocycles. The topological polar surface area (TPSA) is 55.1 Å². The van der Waals surface area contributed by atoms with E-state index in [-0.39, 0.29) is 60.8 Å². The summed E-state index contributed by atoms with van der Waals surface area (Å²) in [7, 11) is 1.97.